The van der Waals surface area contributed by atoms with Crippen molar-refractivity contribution in [2.75, 3.05) is 13.2 Å². The van der Waals surface area contributed by atoms with Gasteiger partial charge in [0.2, 0.25) is 0 Å². The minimum atomic E-state index is -0.257. The van der Waals surface area contributed by atoms with Gasteiger partial charge in [0.1, 0.15) is 0 Å². The Balaban J connectivity index is 3.18. The van der Waals surface area contributed by atoms with E-state index in [1.165, 1.54) is 32.3 Å². The fraction of sp³-hybridized carbons (Fsp3) is 0.733. The second-order valence-corrected chi connectivity index (χ2v) is 4.40. The summed E-state index contributed by atoms with van der Waals surface area (Å²) in [5.41, 5.74) is 0. The van der Waals surface area contributed by atoms with E-state index in [0.29, 0.717) is 13.2 Å². The number of unbranched alkanes of at least 4 members (excludes halogenated alkanes) is 6. The molecular weight excluding hydrogens is 244 g/mol. The Morgan fingerprint density at radius 2 is 1.58 bits per heavy atom. The van der Waals surface area contributed by atoms with Gasteiger partial charge in [-0.3, -0.25) is 4.79 Å². The number of esters is 2. The molecule has 0 heterocycles. The van der Waals surface area contributed by atoms with Crippen molar-refractivity contribution in [3.05, 3.63) is 12.2 Å². The number of ether oxygens (including phenoxy) is 2. The maximum absolute atomic E-state index is 11.0. The molecule has 0 aliphatic rings. The monoisotopic (exact) mass is 270 g/mol. The van der Waals surface area contributed by atoms with Crippen molar-refractivity contribution in [1.29, 1.82) is 0 Å². The molecule has 0 amide bonds. The second kappa shape index (κ2) is 13.1. The highest BCUT2D eigenvalue weighted by molar-refractivity contribution is 5.81. The van der Waals surface area contributed by atoms with Gasteiger partial charge in [-0.25, -0.2) is 4.79 Å². The first-order chi connectivity index (χ1) is 9.16. The molecule has 0 aliphatic heterocycles. The average molecular weight is 270 g/mol. The van der Waals surface area contributed by atoms with Crippen LogP contribution in [0.2, 0.25) is 0 Å². The lowest BCUT2D eigenvalue weighted by atomic mass is 10.1. The van der Waals surface area contributed by atoms with Crippen LogP contribution in [0.15, 0.2) is 12.2 Å². The summed E-state index contributed by atoms with van der Waals surface area (Å²) >= 11 is 0. The van der Waals surface area contributed by atoms with E-state index in [2.05, 4.69) is 0 Å². The maximum Gasteiger partial charge on any atom is 0.330 e. The van der Waals surface area contributed by atoms with Crippen LogP contribution in [0, 0.1) is 0 Å². The summed E-state index contributed by atoms with van der Waals surface area (Å²) < 4.78 is 9.63. The van der Waals surface area contributed by atoms with Crippen LogP contribution < -0.4 is 0 Å². The predicted molar refractivity (Wildman–Crippen MR) is 74.7 cm³/mol. The Morgan fingerprint density at radius 3 is 2.21 bits per heavy atom. The molecule has 0 radical (unpaired) electrons. The van der Waals surface area contributed by atoms with Crippen LogP contribution in [-0.2, 0) is 19.1 Å². The summed E-state index contributed by atoms with van der Waals surface area (Å²) in [5, 5.41) is 0. The van der Waals surface area contributed by atoms with Crippen LogP contribution in [0.25, 0.3) is 0 Å². The summed E-state index contributed by atoms with van der Waals surface area (Å²) in [6.07, 6.45) is 11.0. The molecule has 0 atom stereocenters. The molecule has 19 heavy (non-hydrogen) atoms. The molecule has 0 rings (SSSR count). The topological polar surface area (TPSA) is 52.6 Å². The van der Waals surface area contributed by atoms with E-state index in [0.717, 1.165) is 25.7 Å². The number of rotatable bonds is 11. The molecule has 0 aromatic carbocycles. The molecule has 4 nitrogen and oxygen atoms in total. The maximum atomic E-state index is 11.0. The van der Waals surface area contributed by atoms with Crippen LogP contribution >= 0.6 is 0 Å². The molecule has 0 spiro atoms. The minimum absolute atomic E-state index is 0.201. The normalized spacial score (nSPS) is 10.6. The Labute approximate surface area is 116 Å². The van der Waals surface area contributed by atoms with E-state index >= 15 is 0 Å². The molecule has 0 fully saturated rings. The Hall–Kier alpha value is -1.32. The first-order valence-electron chi connectivity index (χ1n) is 7.13. The molecule has 0 aliphatic carbocycles. The van der Waals surface area contributed by atoms with Gasteiger partial charge in [-0.2, -0.15) is 0 Å². The quantitative estimate of drug-likeness (QED) is 0.328. The number of carbonyl (C=O) groups is 2. The van der Waals surface area contributed by atoms with Gasteiger partial charge in [-0.15, -0.1) is 0 Å². The van der Waals surface area contributed by atoms with E-state index in [4.69, 9.17) is 9.47 Å². The third-order valence-corrected chi connectivity index (χ3v) is 2.61. The van der Waals surface area contributed by atoms with E-state index in [9.17, 15) is 9.59 Å². The van der Waals surface area contributed by atoms with E-state index in [1.54, 1.807) is 6.92 Å². The summed E-state index contributed by atoms with van der Waals surface area (Å²) in [7, 11) is 0. The number of carbonyl (C=O) groups excluding carboxylic acids is 2. The molecule has 0 saturated heterocycles. The highest BCUT2D eigenvalue weighted by Crippen LogP contribution is 2.07. The number of allylic oxidation sites excluding steroid dienone is 1. The lowest BCUT2D eigenvalue weighted by molar-refractivity contribution is -0.141. The number of hydrogen-bond donors (Lipinski definition) is 0. The molecule has 0 aromatic rings. The van der Waals surface area contributed by atoms with Crippen LogP contribution in [0.5, 0.6) is 0 Å². The van der Waals surface area contributed by atoms with Gasteiger partial charge in [0.15, 0.2) is 0 Å². The standard InChI is InChI=1S/C15H26O4/c1-3-18-15(17)12-10-8-6-4-5-7-9-11-13-19-14(2)16/h10,12H,3-9,11,13H2,1-2H3/b12-10+. The molecule has 0 bridgehead atoms. The van der Waals surface area contributed by atoms with Gasteiger partial charge in [-0.05, 0) is 26.2 Å². The molecule has 0 unspecified atom stereocenters. The van der Waals surface area contributed by atoms with Crippen molar-refractivity contribution in [1.82, 2.24) is 0 Å². The third-order valence-electron chi connectivity index (χ3n) is 2.61. The summed E-state index contributed by atoms with van der Waals surface area (Å²) in [6, 6.07) is 0. The lowest BCUT2D eigenvalue weighted by Gasteiger charge is -2.02. The van der Waals surface area contributed by atoms with Gasteiger partial charge in [0.05, 0.1) is 13.2 Å². The first kappa shape index (κ1) is 17.7. The lowest BCUT2D eigenvalue weighted by Crippen LogP contribution is -2.00. The molecule has 0 saturated carbocycles. The largest absolute Gasteiger partial charge is 0.466 e. The molecule has 4 heteroatoms. The zero-order chi connectivity index (χ0) is 14.3. The van der Waals surface area contributed by atoms with Crippen LogP contribution in [-0.4, -0.2) is 25.2 Å². The van der Waals surface area contributed by atoms with Crippen molar-refractivity contribution in [2.24, 2.45) is 0 Å². The van der Waals surface area contributed by atoms with E-state index in [-0.39, 0.29) is 11.9 Å². The van der Waals surface area contributed by atoms with Crippen molar-refractivity contribution in [2.45, 2.75) is 58.8 Å². The molecule has 110 valence electrons. The Morgan fingerprint density at radius 1 is 0.947 bits per heavy atom. The fourth-order valence-electron chi connectivity index (χ4n) is 1.66. The predicted octanol–water partition coefficient (Wildman–Crippen LogP) is 3.40. The van der Waals surface area contributed by atoms with E-state index < -0.39 is 0 Å². The van der Waals surface area contributed by atoms with Gasteiger partial charge < -0.3 is 9.47 Å². The van der Waals surface area contributed by atoms with Gasteiger partial charge in [-0.1, -0.05) is 31.8 Å². The van der Waals surface area contributed by atoms with Crippen molar-refractivity contribution >= 4 is 11.9 Å². The van der Waals surface area contributed by atoms with Crippen LogP contribution in [0.1, 0.15) is 58.8 Å². The van der Waals surface area contributed by atoms with Crippen LogP contribution in [0.4, 0.5) is 0 Å². The minimum Gasteiger partial charge on any atom is -0.466 e. The number of hydrogen-bond acceptors (Lipinski definition) is 4. The van der Waals surface area contributed by atoms with Crippen molar-refractivity contribution in [3.8, 4) is 0 Å². The van der Waals surface area contributed by atoms with Crippen molar-refractivity contribution < 1.29 is 19.1 Å². The van der Waals surface area contributed by atoms with Crippen molar-refractivity contribution in [3.63, 3.8) is 0 Å². The summed E-state index contributed by atoms with van der Waals surface area (Å²) in [5.74, 6) is -0.457. The Kier molecular flexibility index (Phi) is 12.2. The Bertz CT molecular complexity index is 271. The van der Waals surface area contributed by atoms with Crippen LogP contribution in [0.3, 0.4) is 0 Å². The third kappa shape index (κ3) is 14.6. The highest BCUT2D eigenvalue weighted by atomic mass is 16.5. The smallest absolute Gasteiger partial charge is 0.330 e. The summed E-state index contributed by atoms with van der Waals surface area (Å²) in [6.45, 7) is 4.20. The SMILES string of the molecule is CCOC(=O)/C=C/CCCCCCCCOC(C)=O. The zero-order valence-electron chi connectivity index (χ0n) is 12.2. The second-order valence-electron chi connectivity index (χ2n) is 4.40. The zero-order valence-corrected chi connectivity index (χ0v) is 12.2. The van der Waals surface area contributed by atoms with Gasteiger partial charge in [0, 0.05) is 13.0 Å². The van der Waals surface area contributed by atoms with E-state index in [1.807, 2.05) is 6.08 Å². The average Bonchev–Trinajstić information content (AvgIpc) is 2.36. The summed E-state index contributed by atoms with van der Waals surface area (Å²) in [4.78, 5) is 21.5. The first-order valence-corrected chi connectivity index (χ1v) is 7.13. The fourth-order valence-corrected chi connectivity index (χ4v) is 1.66. The van der Waals surface area contributed by atoms with Gasteiger partial charge >= 0.3 is 11.9 Å². The molecule has 0 N–H and O–H groups in total. The molecular formula is C15H26O4. The molecule has 0 aromatic heterocycles. The van der Waals surface area contributed by atoms with Gasteiger partial charge in [0.25, 0.3) is 0 Å². The highest BCUT2D eigenvalue weighted by Gasteiger charge is 1.95.